The van der Waals surface area contributed by atoms with E-state index in [0.29, 0.717) is 13.0 Å². The predicted octanol–water partition coefficient (Wildman–Crippen LogP) is 1.07. The lowest BCUT2D eigenvalue weighted by Crippen LogP contribution is -2.38. The maximum absolute atomic E-state index is 12.1. The van der Waals surface area contributed by atoms with Crippen LogP contribution in [0.25, 0.3) is 0 Å². The Bertz CT molecular complexity index is 377. The Morgan fingerprint density at radius 3 is 2.88 bits per heavy atom. The van der Waals surface area contributed by atoms with Crippen LogP contribution >= 0.6 is 12.2 Å². The summed E-state index contributed by atoms with van der Waals surface area (Å²) in [6.07, 6.45) is 5.04. The molecule has 1 unspecified atom stereocenters. The molecule has 0 aliphatic heterocycles. The molecule has 0 spiro atoms. The maximum Gasteiger partial charge on any atom is 0.232 e. The predicted molar refractivity (Wildman–Crippen MR) is 70.2 cm³/mol. The first-order valence-electron chi connectivity index (χ1n) is 5.58. The van der Waals surface area contributed by atoms with E-state index in [9.17, 15) is 4.79 Å². The topological polar surface area (TPSA) is 75.0 Å². The Balaban J connectivity index is 2.63. The summed E-state index contributed by atoms with van der Waals surface area (Å²) in [5.74, 6) is -0.382. The van der Waals surface area contributed by atoms with E-state index in [1.807, 2.05) is 6.92 Å². The Morgan fingerprint density at radius 1 is 1.71 bits per heavy atom. The van der Waals surface area contributed by atoms with Crippen molar-refractivity contribution in [2.75, 3.05) is 7.05 Å². The van der Waals surface area contributed by atoms with Crippen molar-refractivity contribution in [3.8, 4) is 0 Å². The van der Waals surface area contributed by atoms with Crippen molar-refractivity contribution < 1.29 is 4.79 Å². The number of carbonyl (C=O) groups is 1. The zero-order valence-electron chi connectivity index (χ0n) is 10.1. The molecular formula is C11H18N4OS. The zero-order chi connectivity index (χ0) is 12.8. The van der Waals surface area contributed by atoms with Gasteiger partial charge in [0.25, 0.3) is 0 Å². The van der Waals surface area contributed by atoms with Gasteiger partial charge in [0, 0.05) is 25.4 Å². The van der Waals surface area contributed by atoms with Crippen molar-refractivity contribution in [3.63, 3.8) is 0 Å². The van der Waals surface area contributed by atoms with Gasteiger partial charge in [0.1, 0.15) is 0 Å². The molecule has 0 aromatic carbocycles. The molecule has 1 aromatic rings. The van der Waals surface area contributed by atoms with Gasteiger partial charge in [-0.25, -0.2) is 0 Å². The van der Waals surface area contributed by atoms with Crippen LogP contribution in [0.4, 0.5) is 0 Å². The van der Waals surface area contributed by atoms with Gasteiger partial charge in [-0.1, -0.05) is 25.6 Å². The minimum Gasteiger partial charge on any atom is -0.393 e. The van der Waals surface area contributed by atoms with Crippen LogP contribution in [0.1, 0.15) is 25.3 Å². The number of thiocarbonyl (C=S) groups is 1. The van der Waals surface area contributed by atoms with Gasteiger partial charge in [-0.3, -0.25) is 9.89 Å². The van der Waals surface area contributed by atoms with Crippen LogP contribution in [0.3, 0.4) is 0 Å². The number of aromatic amines is 1. The van der Waals surface area contributed by atoms with Crippen LogP contribution in [0, 0.1) is 5.92 Å². The van der Waals surface area contributed by atoms with E-state index in [1.165, 1.54) is 0 Å². The fourth-order valence-corrected chi connectivity index (χ4v) is 1.88. The molecule has 0 aliphatic carbocycles. The van der Waals surface area contributed by atoms with Gasteiger partial charge in [0.2, 0.25) is 5.91 Å². The molecule has 0 saturated carbocycles. The zero-order valence-corrected chi connectivity index (χ0v) is 11.0. The number of aromatic nitrogens is 2. The minimum atomic E-state index is -0.355. The summed E-state index contributed by atoms with van der Waals surface area (Å²) in [5, 5.41) is 6.55. The van der Waals surface area contributed by atoms with Crippen molar-refractivity contribution in [1.82, 2.24) is 15.1 Å². The number of hydrogen-bond acceptors (Lipinski definition) is 3. The molecule has 0 aliphatic rings. The first kappa shape index (κ1) is 13.6. The fourth-order valence-electron chi connectivity index (χ4n) is 1.66. The standard InChI is InChI=1S/C11H18N4OS/c1-3-4-9(10(12)17)11(16)15(2)7-8-5-13-14-6-8/h5-6,9H,3-4,7H2,1-2H3,(H2,12,17)(H,13,14). The van der Waals surface area contributed by atoms with Crippen LogP contribution in [0.2, 0.25) is 0 Å². The van der Waals surface area contributed by atoms with Gasteiger partial charge < -0.3 is 10.6 Å². The second-order valence-corrected chi connectivity index (χ2v) is 4.52. The fraction of sp³-hybridized carbons (Fsp3) is 0.545. The maximum atomic E-state index is 12.1. The lowest BCUT2D eigenvalue weighted by molar-refractivity contribution is -0.132. The number of amides is 1. The highest BCUT2D eigenvalue weighted by atomic mass is 32.1. The highest BCUT2D eigenvalue weighted by Gasteiger charge is 2.23. The van der Waals surface area contributed by atoms with Crippen molar-refractivity contribution in [3.05, 3.63) is 18.0 Å². The van der Waals surface area contributed by atoms with Gasteiger partial charge in [-0.05, 0) is 6.42 Å². The van der Waals surface area contributed by atoms with Crippen molar-refractivity contribution in [1.29, 1.82) is 0 Å². The monoisotopic (exact) mass is 254 g/mol. The number of rotatable bonds is 6. The summed E-state index contributed by atoms with van der Waals surface area (Å²) in [6, 6.07) is 0. The van der Waals surface area contributed by atoms with Crippen molar-refractivity contribution >= 4 is 23.1 Å². The van der Waals surface area contributed by atoms with E-state index in [-0.39, 0.29) is 16.8 Å². The van der Waals surface area contributed by atoms with Crippen molar-refractivity contribution in [2.24, 2.45) is 11.7 Å². The molecule has 0 saturated heterocycles. The number of nitrogens with zero attached hydrogens (tertiary/aromatic N) is 2. The summed E-state index contributed by atoms with van der Waals surface area (Å²) in [5.41, 5.74) is 6.56. The molecule has 1 aromatic heterocycles. The molecular weight excluding hydrogens is 236 g/mol. The van der Waals surface area contributed by atoms with Gasteiger partial charge >= 0.3 is 0 Å². The van der Waals surface area contributed by atoms with Gasteiger partial charge in [-0.15, -0.1) is 0 Å². The summed E-state index contributed by atoms with van der Waals surface area (Å²) >= 11 is 4.94. The quantitative estimate of drug-likeness (QED) is 0.745. The average molecular weight is 254 g/mol. The first-order chi connectivity index (χ1) is 8.06. The summed E-state index contributed by atoms with van der Waals surface area (Å²) in [4.78, 5) is 14.0. The lowest BCUT2D eigenvalue weighted by Gasteiger charge is -2.22. The Kier molecular flexibility index (Phi) is 5.09. The second-order valence-electron chi connectivity index (χ2n) is 4.04. The molecule has 5 nitrogen and oxygen atoms in total. The van der Waals surface area contributed by atoms with E-state index < -0.39 is 0 Å². The van der Waals surface area contributed by atoms with Gasteiger partial charge in [-0.2, -0.15) is 5.10 Å². The summed E-state index contributed by atoms with van der Waals surface area (Å²) in [7, 11) is 1.75. The third-order valence-corrected chi connectivity index (χ3v) is 2.85. The Labute approximate surface area is 106 Å². The third-order valence-electron chi connectivity index (χ3n) is 2.57. The smallest absolute Gasteiger partial charge is 0.232 e. The van der Waals surface area contributed by atoms with Crippen LogP contribution < -0.4 is 5.73 Å². The highest BCUT2D eigenvalue weighted by Crippen LogP contribution is 2.12. The number of nitrogens with two attached hydrogens (primary N) is 1. The van der Waals surface area contributed by atoms with E-state index in [2.05, 4.69) is 10.2 Å². The molecule has 0 radical (unpaired) electrons. The first-order valence-corrected chi connectivity index (χ1v) is 5.99. The van der Waals surface area contributed by atoms with Crippen LogP contribution in [0.15, 0.2) is 12.4 Å². The number of nitrogens with one attached hydrogen (secondary N) is 1. The molecule has 1 atom stereocenters. The molecule has 1 heterocycles. The molecule has 94 valence electrons. The van der Waals surface area contributed by atoms with Gasteiger partial charge in [0.15, 0.2) is 0 Å². The van der Waals surface area contributed by atoms with E-state index in [1.54, 1.807) is 24.3 Å². The molecule has 1 rings (SSSR count). The SMILES string of the molecule is CCCC(C(=O)N(C)Cc1cn[nH]c1)C(N)=S. The van der Waals surface area contributed by atoms with Crippen LogP contribution in [0.5, 0.6) is 0 Å². The Morgan fingerprint density at radius 2 is 2.41 bits per heavy atom. The second kappa shape index (κ2) is 6.34. The van der Waals surface area contributed by atoms with Gasteiger partial charge in [0.05, 0.1) is 17.1 Å². The molecule has 0 bridgehead atoms. The van der Waals surface area contributed by atoms with E-state index in [4.69, 9.17) is 18.0 Å². The number of hydrogen-bond donors (Lipinski definition) is 2. The summed E-state index contributed by atoms with van der Waals surface area (Å²) < 4.78 is 0. The minimum absolute atomic E-state index is 0.0273. The van der Waals surface area contributed by atoms with E-state index in [0.717, 1.165) is 12.0 Å². The number of carbonyl (C=O) groups excluding carboxylic acids is 1. The van der Waals surface area contributed by atoms with Crippen LogP contribution in [-0.4, -0.2) is 33.0 Å². The molecule has 17 heavy (non-hydrogen) atoms. The third kappa shape index (κ3) is 3.81. The highest BCUT2D eigenvalue weighted by molar-refractivity contribution is 7.80. The largest absolute Gasteiger partial charge is 0.393 e. The molecule has 3 N–H and O–H groups in total. The lowest BCUT2D eigenvalue weighted by atomic mass is 10.0. The Hall–Kier alpha value is -1.43. The molecule has 1 amide bonds. The normalized spacial score (nSPS) is 12.1. The average Bonchev–Trinajstić information content (AvgIpc) is 2.77. The van der Waals surface area contributed by atoms with E-state index >= 15 is 0 Å². The van der Waals surface area contributed by atoms with Crippen molar-refractivity contribution in [2.45, 2.75) is 26.3 Å². The van der Waals surface area contributed by atoms with Crippen LogP contribution in [-0.2, 0) is 11.3 Å². The number of H-pyrrole nitrogens is 1. The molecule has 0 fully saturated rings. The molecule has 6 heteroatoms. The summed E-state index contributed by atoms with van der Waals surface area (Å²) in [6.45, 7) is 2.52.